The Kier molecular flexibility index (Phi) is 3.93. The van der Waals surface area contributed by atoms with E-state index in [1.54, 1.807) is 6.07 Å². The Hall–Kier alpha value is -2.83. The average molecular weight is 288 g/mol. The van der Waals surface area contributed by atoms with Gasteiger partial charge in [-0.25, -0.2) is 9.78 Å². The van der Waals surface area contributed by atoms with Crippen LogP contribution in [0.5, 0.6) is 0 Å². The number of imidazole rings is 1. The number of benzene rings is 1. The lowest BCUT2D eigenvalue weighted by molar-refractivity contribution is 0.0686. The minimum Gasteiger partial charge on any atom is -0.477 e. The highest BCUT2D eigenvalue weighted by molar-refractivity contribution is 6.08. The Labute approximate surface area is 121 Å². The van der Waals surface area contributed by atoms with Gasteiger partial charge in [0.05, 0.1) is 6.33 Å². The van der Waals surface area contributed by atoms with Crippen molar-refractivity contribution >= 4 is 23.3 Å². The summed E-state index contributed by atoms with van der Waals surface area (Å²) in [6, 6.07) is 5.57. The van der Waals surface area contributed by atoms with Crippen molar-refractivity contribution < 1.29 is 14.7 Å². The van der Waals surface area contributed by atoms with E-state index in [4.69, 9.17) is 5.11 Å². The van der Waals surface area contributed by atoms with Crippen LogP contribution in [-0.4, -0.2) is 41.0 Å². The van der Waals surface area contributed by atoms with Gasteiger partial charge in [-0.2, -0.15) is 0 Å². The van der Waals surface area contributed by atoms with Gasteiger partial charge in [0.1, 0.15) is 0 Å². The van der Waals surface area contributed by atoms with Gasteiger partial charge in [-0.05, 0) is 30.7 Å². The van der Waals surface area contributed by atoms with Gasteiger partial charge in [0.2, 0.25) is 0 Å². The summed E-state index contributed by atoms with van der Waals surface area (Å²) in [5.74, 6) is -1.79. The Bertz CT molecular complexity index is 691. The first-order valence-corrected chi connectivity index (χ1v) is 6.26. The highest BCUT2D eigenvalue weighted by Crippen LogP contribution is 2.22. The van der Waals surface area contributed by atoms with Crippen LogP contribution in [0, 0.1) is 6.92 Å². The summed E-state index contributed by atoms with van der Waals surface area (Å²) in [7, 11) is 3.85. The molecule has 1 aromatic heterocycles. The third-order valence-corrected chi connectivity index (χ3v) is 3.04. The largest absolute Gasteiger partial charge is 0.477 e. The van der Waals surface area contributed by atoms with E-state index < -0.39 is 11.9 Å². The summed E-state index contributed by atoms with van der Waals surface area (Å²) in [4.78, 5) is 31.2. The molecule has 2 rings (SSSR count). The van der Waals surface area contributed by atoms with Gasteiger partial charge in [-0.3, -0.25) is 4.79 Å². The monoisotopic (exact) mass is 288 g/mol. The zero-order valence-corrected chi connectivity index (χ0v) is 12.0. The van der Waals surface area contributed by atoms with Crippen molar-refractivity contribution in [1.29, 1.82) is 0 Å². The van der Waals surface area contributed by atoms with E-state index in [1.807, 2.05) is 38.1 Å². The second-order valence-electron chi connectivity index (χ2n) is 4.78. The first kappa shape index (κ1) is 14.6. The minimum absolute atomic E-state index is 0.140. The number of aromatic amines is 1. The first-order valence-electron chi connectivity index (χ1n) is 6.26. The molecule has 0 unspecified atom stereocenters. The summed E-state index contributed by atoms with van der Waals surface area (Å²) < 4.78 is 0. The molecule has 7 heteroatoms. The van der Waals surface area contributed by atoms with Crippen LogP contribution < -0.4 is 10.2 Å². The molecule has 0 saturated carbocycles. The summed E-state index contributed by atoms with van der Waals surface area (Å²) >= 11 is 0. The van der Waals surface area contributed by atoms with Gasteiger partial charge in [0, 0.05) is 25.5 Å². The Morgan fingerprint density at radius 2 is 2.05 bits per heavy atom. The SMILES string of the molecule is Cc1cc(N(C)C)ccc1NC(=O)c1nc[nH]c1C(=O)O. The minimum atomic E-state index is -1.22. The number of hydrogen-bond donors (Lipinski definition) is 3. The molecular weight excluding hydrogens is 272 g/mol. The van der Waals surface area contributed by atoms with Crippen molar-refractivity contribution in [3.05, 3.63) is 41.5 Å². The number of anilines is 2. The Morgan fingerprint density at radius 1 is 1.33 bits per heavy atom. The number of aromatic nitrogens is 2. The molecule has 0 aliphatic heterocycles. The van der Waals surface area contributed by atoms with Crippen molar-refractivity contribution in [2.75, 3.05) is 24.3 Å². The molecule has 21 heavy (non-hydrogen) atoms. The molecule has 0 bridgehead atoms. The number of rotatable bonds is 4. The van der Waals surface area contributed by atoms with Gasteiger partial charge in [-0.1, -0.05) is 0 Å². The Balaban J connectivity index is 2.24. The normalized spacial score (nSPS) is 10.2. The molecule has 1 aromatic carbocycles. The number of amides is 1. The van der Waals surface area contributed by atoms with Crippen LogP contribution >= 0.6 is 0 Å². The molecule has 0 radical (unpaired) electrons. The molecule has 0 fully saturated rings. The number of H-pyrrole nitrogens is 1. The predicted molar refractivity (Wildman–Crippen MR) is 79.0 cm³/mol. The fourth-order valence-electron chi connectivity index (χ4n) is 1.88. The van der Waals surface area contributed by atoms with E-state index in [0.717, 1.165) is 11.3 Å². The van der Waals surface area contributed by atoms with Gasteiger partial charge < -0.3 is 20.3 Å². The van der Waals surface area contributed by atoms with Gasteiger partial charge in [0.15, 0.2) is 11.4 Å². The lowest BCUT2D eigenvalue weighted by Crippen LogP contribution is -2.17. The molecule has 1 amide bonds. The number of nitrogens with zero attached hydrogens (tertiary/aromatic N) is 2. The van der Waals surface area contributed by atoms with Crippen LogP contribution in [-0.2, 0) is 0 Å². The highest BCUT2D eigenvalue weighted by Gasteiger charge is 2.20. The van der Waals surface area contributed by atoms with Crippen molar-refractivity contribution in [2.24, 2.45) is 0 Å². The maximum Gasteiger partial charge on any atom is 0.354 e. The molecule has 0 aliphatic carbocycles. The van der Waals surface area contributed by atoms with E-state index in [-0.39, 0.29) is 11.4 Å². The summed E-state index contributed by atoms with van der Waals surface area (Å²) in [6.07, 6.45) is 1.18. The van der Waals surface area contributed by atoms with Crippen molar-refractivity contribution in [3.8, 4) is 0 Å². The van der Waals surface area contributed by atoms with Crippen LogP contribution in [0.4, 0.5) is 11.4 Å². The summed E-state index contributed by atoms with van der Waals surface area (Å²) in [5.41, 5.74) is 2.14. The molecular formula is C14H16N4O3. The van der Waals surface area contributed by atoms with E-state index in [1.165, 1.54) is 6.33 Å². The third kappa shape index (κ3) is 3.02. The fourth-order valence-corrected chi connectivity index (χ4v) is 1.88. The fraction of sp³-hybridized carbons (Fsp3) is 0.214. The highest BCUT2D eigenvalue weighted by atomic mass is 16.4. The molecule has 7 nitrogen and oxygen atoms in total. The topological polar surface area (TPSA) is 98.3 Å². The van der Waals surface area contributed by atoms with Crippen LogP contribution in [0.25, 0.3) is 0 Å². The molecule has 3 N–H and O–H groups in total. The van der Waals surface area contributed by atoms with Crippen LogP contribution in [0.3, 0.4) is 0 Å². The molecule has 0 atom stereocenters. The number of nitrogens with one attached hydrogen (secondary N) is 2. The predicted octanol–water partition coefficient (Wildman–Crippen LogP) is 1.73. The molecule has 0 spiro atoms. The lowest BCUT2D eigenvalue weighted by Gasteiger charge is -2.15. The maximum absolute atomic E-state index is 12.1. The quantitative estimate of drug-likeness (QED) is 0.796. The maximum atomic E-state index is 12.1. The van der Waals surface area contributed by atoms with Crippen LogP contribution in [0.2, 0.25) is 0 Å². The van der Waals surface area contributed by atoms with Gasteiger partial charge in [-0.15, -0.1) is 0 Å². The number of carbonyl (C=O) groups excluding carboxylic acids is 1. The van der Waals surface area contributed by atoms with Crippen LogP contribution in [0.15, 0.2) is 24.5 Å². The number of carbonyl (C=O) groups is 2. The molecule has 2 aromatic rings. The van der Waals surface area contributed by atoms with E-state index in [9.17, 15) is 9.59 Å². The number of carboxylic acids is 1. The number of carboxylic acid groups (broad SMARTS) is 1. The lowest BCUT2D eigenvalue weighted by atomic mass is 10.1. The standard InChI is InChI=1S/C14H16N4O3/c1-8-6-9(18(2)3)4-5-10(8)17-13(19)11-12(14(20)21)16-7-15-11/h4-7H,1-3H3,(H,15,16)(H,17,19)(H,20,21). The zero-order valence-electron chi connectivity index (χ0n) is 12.0. The van der Waals surface area contributed by atoms with Gasteiger partial charge in [0.25, 0.3) is 5.91 Å². The number of hydrogen-bond acceptors (Lipinski definition) is 4. The summed E-state index contributed by atoms with van der Waals surface area (Å²) in [5, 5.41) is 11.6. The number of aryl methyl sites for hydroxylation is 1. The first-order chi connectivity index (χ1) is 9.90. The average Bonchev–Trinajstić information content (AvgIpc) is 2.90. The van der Waals surface area contributed by atoms with E-state index >= 15 is 0 Å². The van der Waals surface area contributed by atoms with Crippen molar-refractivity contribution in [1.82, 2.24) is 9.97 Å². The molecule has 0 aliphatic rings. The van der Waals surface area contributed by atoms with Crippen molar-refractivity contribution in [3.63, 3.8) is 0 Å². The van der Waals surface area contributed by atoms with Crippen molar-refractivity contribution in [2.45, 2.75) is 6.92 Å². The smallest absolute Gasteiger partial charge is 0.354 e. The third-order valence-electron chi connectivity index (χ3n) is 3.04. The van der Waals surface area contributed by atoms with Crippen LogP contribution in [0.1, 0.15) is 26.5 Å². The van der Waals surface area contributed by atoms with E-state index in [2.05, 4.69) is 15.3 Å². The second-order valence-corrected chi connectivity index (χ2v) is 4.78. The Morgan fingerprint density at radius 3 is 2.62 bits per heavy atom. The summed E-state index contributed by atoms with van der Waals surface area (Å²) in [6.45, 7) is 1.87. The molecule has 1 heterocycles. The second kappa shape index (κ2) is 5.66. The number of aromatic carboxylic acids is 1. The zero-order chi connectivity index (χ0) is 15.6. The van der Waals surface area contributed by atoms with E-state index in [0.29, 0.717) is 5.69 Å². The van der Waals surface area contributed by atoms with Gasteiger partial charge >= 0.3 is 5.97 Å². The molecule has 0 saturated heterocycles. The molecule has 110 valence electrons.